The second-order valence-corrected chi connectivity index (χ2v) is 18.5. The van der Waals surface area contributed by atoms with Crippen LogP contribution >= 0.6 is 0 Å². The summed E-state index contributed by atoms with van der Waals surface area (Å²) in [5, 5.41) is 3.81. The van der Waals surface area contributed by atoms with Gasteiger partial charge in [-0.3, -0.25) is 23.9 Å². The van der Waals surface area contributed by atoms with Crippen molar-refractivity contribution in [1.82, 2.24) is 43.9 Å². The second kappa shape index (κ2) is 22.7. The van der Waals surface area contributed by atoms with Crippen LogP contribution in [0.2, 0.25) is 0 Å². The number of hydrogen-bond acceptors (Lipinski definition) is 9. The van der Waals surface area contributed by atoms with Gasteiger partial charge in [0.15, 0.2) is 0 Å². The minimum absolute atomic E-state index is 0.0658. The quantitative estimate of drug-likeness (QED) is 0.0881. The molecule has 6 heterocycles. The van der Waals surface area contributed by atoms with Gasteiger partial charge in [0, 0.05) is 126 Å². The lowest BCUT2D eigenvalue weighted by Crippen LogP contribution is -2.46. The van der Waals surface area contributed by atoms with Crippen LogP contribution in [0, 0.1) is 5.92 Å². The van der Waals surface area contributed by atoms with E-state index >= 15 is 0 Å². The summed E-state index contributed by atoms with van der Waals surface area (Å²) in [5.74, 6) is 1.31. The van der Waals surface area contributed by atoms with Crippen LogP contribution < -0.4 is 16.0 Å². The number of pyridine rings is 2. The number of nitrogens with two attached hydrogens (primary N) is 1. The van der Waals surface area contributed by atoms with Crippen molar-refractivity contribution in [3.05, 3.63) is 95.9 Å². The van der Waals surface area contributed by atoms with Crippen molar-refractivity contribution in [1.29, 1.82) is 0 Å². The minimum atomic E-state index is -0.338. The predicted octanol–water partition coefficient (Wildman–Crippen LogP) is 7.71. The molecule has 0 radical (unpaired) electrons. The first-order valence-electron chi connectivity index (χ1n) is 24.5. The Morgan fingerprint density at radius 3 is 2.30 bits per heavy atom. The molecule has 8 rings (SSSR count). The number of likely N-dealkylation sites (tertiary alicyclic amines) is 1. The van der Waals surface area contributed by atoms with Gasteiger partial charge >= 0.3 is 0 Å². The van der Waals surface area contributed by atoms with Gasteiger partial charge in [-0.05, 0) is 130 Å². The molecule has 2 aliphatic heterocycles. The first-order valence-corrected chi connectivity index (χ1v) is 24.5. The van der Waals surface area contributed by atoms with E-state index in [2.05, 4.69) is 111 Å². The molecule has 14 heteroatoms. The fourth-order valence-corrected chi connectivity index (χ4v) is 9.93. The number of anilines is 2. The van der Waals surface area contributed by atoms with Crippen molar-refractivity contribution < 1.29 is 14.4 Å². The number of aryl methyl sites for hydroxylation is 3. The average Bonchev–Trinajstić information content (AvgIpc) is 3.68. The smallest absolute Gasteiger partial charge is 0.253 e. The SMILES string of the molecule is CCCN(CC1CCN(C(=O)c2ccc(N3CCN(Cc4cc5c(-c6ccc(N)nc6)ccnc5n4C)CC3)cc2)CC1)C(C)CC.CCc1ccc2c(c1)n(C)n2C(CCC=O)C(=O)NC. The molecule has 2 atom stereocenters. The van der Waals surface area contributed by atoms with Gasteiger partial charge in [-0.2, -0.15) is 0 Å². The zero-order chi connectivity index (χ0) is 47.6. The summed E-state index contributed by atoms with van der Waals surface area (Å²) in [6.45, 7) is 17.8. The molecule has 4 aromatic heterocycles. The van der Waals surface area contributed by atoms with Crippen LogP contribution in [-0.4, -0.2) is 122 Å². The monoisotopic (exact) mass is 912 g/mol. The van der Waals surface area contributed by atoms with E-state index in [9.17, 15) is 14.4 Å². The maximum atomic E-state index is 13.4. The van der Waals surface area contributed by atoms with Gasteiger partial charge in [0.05, 0.1) is 11.0 Å². The highest BCUT2D eigenvalue weighted by Crippen LogP contribution is 2.31. The molecule has 0 aliphatic carbocycles. The molecular weight excluding hydrogens is 839 g/mol. The number of rotatable bonds is 17. The third kappa shape index (κ3) is 11.2. The Kier molecular flexibility index (Phi) is 16.6. The van der Waals surface area contributed by atoms with E-state index in [0.29, 0.717) is 30.6 Å². The Balaban J connectivity index is 0.000000278. The summed E-state index contributed by atoms with van der Waals surface area (Å²) in [4.78, 5) is 54.7. The lowest BCUT2D eigenvalue weighted by atomic mass is 9.94. The molecule has 6 aromatic rings. The average molecular weight is 912 g/mol. The number of hydrogen-bond donors (Lipinski definition) is 2. The Morgan fingerprint density at radius 2 is 1.66 bits per heavy atom. The van der Waals surface area contributed by atoms with Crippen LogP contribution in [0.1, 0.15) is 93.9 Å². The summed E-state index contributed by atoms with van der Waals surface area (Å²) < 4.78 is 6.15. The molecule has 67 heavy (non-hydrogen) atoms. The van der Waals surface area contributed by atoms with Crippen molar-refractivity contribution >= 4 is 51.7 Å². The Morgan fingerprint density at radius 1 is 0.910 bits per heavy atom. The number of fused-ring (bicyclic) bond motifs is 2. The summed E-state index contributed by atoms with van der Waals surface area (Å²) in [5.41, 5.74) is 15.7. The topological polar surface area (TPSA) is 143 Å². The largest absolute Gasteiger partial charge is 0.384 e. The number of piperazine rings is 1. The molecule has 358 valence electrons. The first kappa shape index (κ1) is 48.9. The Bertz CT molecular complexity index is 2560. The molecule has 2 fully saturated rings. The first-order chi connectivity index (χ1) is 32.5. The summed E-state index contributed by atoms with van der Waals surface area (Å²) >= 11 is 0. The predicted molar refractivity (Wildman–Crippen MR) is 271 cm³/mol. The van der Waals surface area contributed by atoms with E-state index < -0.39 is 0 Å². The maximum Gasteiger partial charge on any atom is 0.253 e. The highest BCUT2D eigenvalue weighted by Gasteiger charge is 2.28. The summed E-state index contributed by atoms with van der Waals surface area (Å²) in [7, 11) is 5.67. The van der Waals surface area contributed by atoms with Crippen LogP contribution in [0.5, 0.6) is 0 Å². The molecule has 3 N–H and O–H groups in total. The normalized spacial score (nSPS) is 15.8. The van der Waals surface area contributed by atoms with Crippen molar-refractivity contribution in [3.63, 3.8) is 0 Å². The van der Waals surface area contributed by atoms with Crippen LogP contribution in [0.3, 0.4) is 0 Å². The van der Waals surface area contributed by atoms with Gasteiger partial charge in [-0.25, -0.2) is 9.97 Å². The molecule has 2 amide bonds. The molecule has 2 saturated heterocycles. The van der Waals surface area contributed by atoms with Crippen LogP contribution in [0.4, 0.5) is 11.5 Å². The fourth-order valence-electron chi connectivity index (χ4n) is 9.93. The molecule has 0 saturated carbocycles. The molecule has 2 aliphatic rings. The lowest BCUT2D eigenvalue weighted by molar-refractivity contribution is -0.124. The van der Waals surface area contributed by atoms with E-state index in [4.69, 9.17) is 5.73 Å². The minimum Gasteiger partial charge on any atom is -0.384 e. The number of piperidine rings is 1. The van der Waals surface area contributed by atoms with Crippen LogP contribution in [-0.2, 0) is 36.6 Å². The van der Waals surface area contributed by atoms with Gasteiger partial charge in [-0.15, -0.1) is 0 Å². The van der Waals surface area contributed by atoms with Gasteiger partial charge in [0.2, 0.25) is 5.91 Å². The van der Waals surface area contributed by atoms with Crippen molar-refractivity contribution in [2.45, 2.75) is 91.3 Å². The number of likely N-dealkylation sites (N-methyl/N-ethyl adjacent to an activating group) is 1. The van der Waals surface area contributed by atoms with Crippen molar-refractivity contribution in [2.24, 2.45) is 20.0 Å². The standard InChI is InChI=1S/C38H52N8O.C15H21N3O2/c1-5-17-46(28(3)6-2)26-29-14-18-45(19-15-29)38(47)30-7-10-32(11-8-30)44-22-20-43(21-23-44)27-33-24-35-34(13-16-40-37(35)42(33)4)31-9-12-36(39)41-25-31;1-4-11-7-8-12-14(10-11)17(3)18(12)13(6-5-9-19)15(20)16-2/h7-13,16,24-25,28-29H,5-6,14-15,17-23,26-27H2,1-4H3,(H2,39,41);7-10,13H,4-6H2,1-3H3,(H,16,20). The van der Waals surface area contributed by atoms with Gasteiger partial charge in [-0.1, -0.05) is 26.8 Å². The number of nitrogens with one attached hydrogen (secondary N) is 1. The van der Waals surface area contributed by atoms with E-state index in [1.807, 2.05) is 59.1 Å². The van der Waals surface area contributed by atoms with Crippen LogP contribution in [0.25, 0.3) is 33.2 Å². The molecule has 0 spiro atoms. The molecule has 2 unspecified atom stereocenters. The van der Waals surface area contributed by atoms with E-state index in [-0.39, 0.29) is 17.9 Å². The van der Waals surface area contributed by atoms with E-state index in [0.717, 1.165) is 117 Å². The molecular formula is C53H73N11O3. The summed E-state index contributed by atoms with van der Waals surface area (Å²) in [6, 6.07) is 23.1. The number of nitrogen functional groups attached to an aromatic ring is 1. The fraction of sp³-hybridized carbons (Fsp3) is 0.491. The Hall–Kier alpha value is -5.99. The zero-order valence-corrected chi connectivity index (χ0v) is 41.0. The third-order valence-electron chi connectivity index (χ3n) is 14.3. The zero-order valence-electron chi connectivity index (χ0n) is 41.0. The number of nitrogens with zero attached hydrogens (tertiary/aromatic N) is 9. The Labute approximate surface area is 397 Å². The van der Waals surface area contributed by atoms with Gasteiger partial charge in [0.25, 0.3) is 5.91 Å². The van der Waals surface area contributed by atoms with Crippen molar-refractivity contribution in [3.8, 4) is 11.1 Å². The lowest BCUT2D eigenvalue weighted by Gasteiger charge is -2.37. The number of aromatic nitrogens is 5. The maximum absolute atomic E-state index is 13.4. The summed E-state index contributed by atoms with van der Waals surface area (Å²) in [6.07, 6.45) is 11.0. The second-order valence-electron chi connectivity index (χ2n) is 18.5. The highest BCUT2D eigenvalue weighted by atomic mass is 16.2. The van der Waals surface area contributed by atoms with Crippen LogP contribution in [0.15, 0.2) is 79.1 Å². The number of carbonyl (C=O) groups excluding carboxylic acids is 3. The van der Waals surface area contributed by atoms with Gasteiger partial charge < -0.3 is 35.1 Å². The van der Waals surface area contributed by atoms with E-state index in [1.54, 1.807) is 7.05 Å². The number of carbonyl (C=O) groups is 3. The third-order valence-corrected chi connectivity index (χ3v) is 14.3. The highest BCUT2D eigenvalue weighted by molar-refractivity contribution is 5.95. The molecule has 2 aromatic carbocycles. The van der Waals surface area contributed by atoms with Crippen molar-refractivity contribution in [2.75, 3.05) is 70.0 Å². The van der Waals surface area contributed by atoms with Gasteiger partial charge in [0.1, 0.15) is 23.8 Å². The molecule has 0 bridgehead atoms. The number of aldehydes is 1. The number of amides is 2. The number of benzene rings is 2. The molecule has 14 nitrogen and oxygen atoms in total. The van der Waals surface area contributed by atoms with E-state index in [1.165, 1.54) is 36.3 Å².